The van der Waals surface area contributed by atoms with E-state index >= 15 is 0 Å². The zero-order valence-corrected chi connectivity index (χ0v) is 45.8. The van der Waals surface area contributed by atoms with Crippen LogP contribution in [0.1, 0.15) is 343 Å². The maximum Gasteiger partial charge on any atom is 0.303 e. The van der Waals surface area contributed by atoms with Gasteiger partial charge in [-0.1, -0.05) is 304 Å². The van der Waals surface area contributed by atoms with E-state index in [0.717, 1.165) is 38.5 Å². The van der Waals surface area contributed by atoms with Crippen molar-refractivity contribution in [1.82, 2.24) is 0 Å². The Balaban J connectivity index is -0.000000414. The lowest BCUT2D eigenvalue weighted by molar-refractivity contribution is -0.138. The van der Waals surface area contributed by atoms with Gasteiger partial charge in [-0.2, -0.15) is 0 Å². The van der Waals surface area contributed by atoms with E-state index in [4.69, 9.17) is 25.5 Å². The molecule has 0 aromatic rings. The molecule has 404 valence electrons. The molecule has 67 heavy (non-hydrogen) atoms. The molecule has 0 unspecified atom stereocenters. The molecule has 0 heterocycles. The lowest BCUT2D eigenvalue weighted by Gasteiger charge is -2.16. The first-order valence-electron chi connectivity index (χ1n) is 29.3. The van der Waals surface area contributed by atoms with E-state index in [1.807, 2.05) is 0 Å². The zero-order valence-electron chi connectivity index (χ0n) is 45.8. The summed E-state index contributed by atoms with van der Waals surface area (Å²) in [5.74, 6) is -1.96. The van der Waals surface area contributed by atoms with Crippen molar-refractivity contribution in [2.24, 2.45) is 5.41 Å². The third kappa shape index (κ3) is 81.6. The van der Waals surface area contributed by atoms with Crippen molar-refractivity contribution in [2.45, 2.75) is 343 Å². The molecule has 0 amide bonds. The van der Waals surface area contributed by atoms with E-state index in [2.05, 4.69) is 20.8 Å². The summed E-state index contributed by atoms with van der Waals surface area (Å²) in [6, 6.07) is 0. The minimum Gasteiger partial charge on any atom is -0.481 e. The van der Waals surface area contributed by atoms with Crippen LogP contribution in [0, 0.1) is 5.41 Å². The number of carboxylic acid groups (broad SMARTS) is 3. The molecule has 8 heteroatoms. The third-order valence-corrected chi connectivity index (χ3v) is 12.8. The Morgan fingerprint density at radius 1 is 0.254 bits per heavy atom. The molecule has 0 radical (unpaired) electrons. The van der Waals surface area contributed by atoms with Gasteiger partial charge in [0.05, 0.1) is 13.2 Å². The maximum absolute atomic E-state index is 10.3. The van der Waals surface area contributed by atoms with E-state index in [9.17, 15) is 14.4 Å². The molecule has 0 saturated carbocycles. The molecular formula is C59H120O8. The van der Waals surface area contributed by atoms with Gasteiger partial charge in [0.1, 0.15) is 0 Å². The van der Waals surface area contributed by atoms with Crippen molar-refractivity contribution in [3.8, 4) is 0 Å². The number of aliphatic carboxylic acids is 3. The predicted octanol–water partition coefficient (Wildman–Crippen LogP) is 19.0. The first kappa shape index (κ1) is 71.9. The predicted molar refractivity (Wildman–Crippen MR) is 289 cm³/mol. The van der Waals surface area contributed by atoms with Crippen LogP contribution >= 0.6 is 0 Å². The highest BCUT2D eigenvalue weighted by Crippen LogP contribution is 2.17. The second-order valence-electron chi connectivity index (χ2n) is 20.8. The molecule has 0 rings (SSSR count). The molecule has 0 saturated heterocycles. The summed E-state index contributed by atoms with van der Waals surface area (Å²) in [6.07, 6.45) is 60.6. The molecular weight excluding hydrogens is 837 g/mol. The molecule has 0 atom stereocenters. The lowest BCUT2D eigenvalue weighted by atomic mass is 9.97. The van der Waals surface area contributed by atoms with Gasteiger partial charge in [0.2, 0.25) is 0 Å². The highest BCUT2D eigenvalue weighted by atomic mass is 16.4. The summed E-state index contributed by atoms with van der Waals surface area (Å²) < 4.78 is 0. The van der Waals surface area contributed by atoms with Gasteiger partial charge in [0.15, 0.2) is 0 Å². The van der Waals surface area contributed by atoms with Crippen LogP contribution in [0.15, 0.2) is 0 Å². The zero-order chi connectivity index (χ0) is 50.6. The number of aliphatic hydroxyl groups is 2. The summed E-state index contributed by atoms with van der Waals surface area (Å²) >= 11 is 0. The summed E-state index contributed by atoms with van der Waals surface area (Å²) in [5, 5.41) is 42.4. The summed E-state index contributed by atoms with van der Waals surface area (Å²) in [7, 11) is 0. The Labute approximate surface area is 417 Å². The largest absolute Gasteiger partial charge is 0.481 e. The van der Waals surface area contributed by atoms with Crippen molar-refractivity contribution in [1.29, 1.82) is 0 Å². The maximum atomic E-state index is 10.3. The average Bonchev–Trinajstić information content (AvgIpc) is 3.30. The first-order valence-corrected chi connectivity index (χ1v) is 29.3. The highest BCUT2D eigenvalue weighted by Gasteiger charge is 2.13. The molecule has 8 nitrogen and oxygen atoms in total. The summed E-state index contributed by atoms with van der Waals surface area (Å²) in [4.78, 5) is 31.0. The fraction of sp³-hybridized carbons (Fsp3) is 0.949. The van der Waals surface area contributed by atoms with Crippen molar-refractivity contribution < 1.29 is 39.9 Å². The fourth-order valence-corrected chi connectivity index (χ4v) is 7.99. The summed E-state index contributed by atoms with van der Waals surface area (Å²) in [6.45, 7) is 10.5. The Bertz CT molecular complexity index is 828. The van der Waals surface area contributed by atoms with Gasteiger partial charge in [-0.05, 0) is 19.3 Å². The number of aliphatic hydroxyl groups excluding tert-OH is 2. The van der Waals surface area contributed by atoms with E-state index in [-0.39, 0.29) is 18.6 Å². The molecule has 0 aliphatic carbocycles. The van der Waals surface area contributed by atoms with Gasteiger partial charge < -0.3 is 25.5 Å². The number of unbranched alkanes of at least 4 members (excludes halogenated alkanes) is 42. The van der Waals surface area contributed by atoms with E-state index < -0.39 is 17.9 Å². The first-order chi connectivity index (χ1) is 32.4. The van der Waals surface area contributed by atoms with Crippen LogP contribution < -0.4 is 0 Å². The van der Waals surface area contributed by atoms with Gasteiger partial charge in [-0.25, -0.2) is 0 Å². The van der Waals surface area contributed by atoms with Gasteiger partial charge in [-0.15, -0.1) is 0 Å². The molecule has 0 fully saturated rings. The SMILES string of the molecule is CC(C)(CO)CO.CCCCCCCCCCCCCCCCCC(=O)O.CCCCCCCCCCCCCCCCCC(=O)O.CCCCCCCCCCCCCCCCCC(=O)O. The molecule has 0 aromatic carbocycles. The van der Waals surface area contributed by atoms with Gasteiger partial charge in [0.25, 0.3) is 0 Å². The average molecular weight is 958 g/mol. The van der Waals surface area contributed by atoms with E-state index in [0.29, 0.717) is 19.3 Å². The third-order valence-electron chi connectivity index (χ3n) is 12.8. The van der Waals surface area contributed by atoms with Gasteiger partial charge >= 0.3 is 17.9 Å². The van der Waals surface area contributed by atoms with Crippen molar-refractivity contribution in [3.63, 3.8) is 0 Å². The van der Waals surface area contributed by atoms with Crippen LogP contribution in [0.3, 0.4) is 0 Å². The number of rotatable bonds is 50. The minimum atomic E-state index is -0.653. The van der Waals surface area contributed by atoms with Crippen LogP contribution in [-0.2, 0) is 14.4 Å². The Morgan fingerprint density at radius 3 is 0.463 bits per heavy atom. The molecule has 0 aliphatic heterocycles. The van der Waals surface area contributed by atoms with Crippen molar-refractivity contribution in [3.05, 3.63) is 0 Å². The molecule has 0 spiro atoms. The van der Waals surface area contributed by atoms with Crippen LogP contribution in [0.2, 0.25) is 0 Å². The van der Waals surface area contributed by atoms with Crippen LogP contribution in [0.4, 0.5) is 0 Å². The lowest BCUT2D eigenvalue weighted by Crippen LogP contribution is -2.20. The minimum absolute atomic E-state index is 0.0451. The van der Waals surface area contributed by atoms with Gasteiger partial charge in [-0.3, -0.25) is 14.4 Å². The fourth-order valence-electron chi connectivity index (χ4n) is 7.99. The molecule has 0 aromatic heterocycles. The number of carbonyl (C=O) groups is 3. The van der Waals surface area contributed by atoms with Crippen LogP contribution in [0.25, 0.3) is 0 Å². The Morgan fingerprint density at radius 2 is 0.373 bits per heavy atom. The Kier molecular flexibility index (Phi) is 69.0. The second kappa shape index (κ2) is 64.3. The number of hydrogen-bond acceptors (Lipinski definition) is 5. The number of hydrogen-bond donors (Lipinski definition) is 5. The topological polar surface area (TPSA) is 152 Å². The number of carboxylic acids is 3. The Hall–Kier alpha value is -1.67. The second-order valence-corrected chi connectivity index (χ2v) is 20.8. The standard InChI is InChI=1S/3C18H36O2.C5H12O2/c3*1-2-3-4-5-6-7-8-9-10-11-12-13-14-15-16-17-18(19)20;1-5(2,3-6)4-7/h3*2-17H2,1H3,(H,19,20);6-7H,3-4H2,1-2H3. The summed E-state index contributed by atoms with van der Waals surface area (Å²) in [5.41, 5.74) is -0.306. The van der Waals surface area contributed by atoms with Crippen LogP contribution in [-0.4, -0.2) is 56.7 Å². The van der Waals surface area contributed by atoms with E-state index in [1.54, 1.807) is 13.8 Å². The quantitative estimate of drug-likeness (QED) is 0.0378. The normalized spacial score (nSPS) is 11.0. The van der Waals surface area contributed by atoms with Gasteiger partial charge in [0, 0.05) is 24.7 Å². The molecule has 5 N–H and O–H groups in total. The van der Waals surface area contributed by atoms with Crippen molar-refractivity contribution in [2.75, 3.05) is 13.2 Å². The van der Waals surface area contributed by atoms with Crippen molar-refractivity contribution >= 4 is 17.9 Å². The highest BCUT2D eigenvalue weighted by molar-refractivity contribution is 5.67. The van der Waals surface area contributed by atoms with Crippen LogP contribution in [0.5, 0.6) is 0 Å². The smallest absolute Gasteiger partial charge is 0.303 e. The van der Waals surface area contributed by atoms with E-state index in [1.165, 1.54) is 250 Å². The molecule has 0 bridgehead atoms. The monoisotopic (exact) mass is 957 g/mol. The molecule has 0 aliphatic rings.